The minimum absolute atomic E-state index is 0.0923. The molecule has 3 aliphatic rings. The Bertz CT molecular complexity index is 1000. The summed E-state index contributed by atoms with van der Waals surface area (Å²) in [6, 6.07) is 6.38. The van der Waals surface area contributed by atoms with Crippen molar-refractivity contribution >= 4 is 23.2 Å². The number of nitro benzene ring substituents is 1. The summed E-state index contributed by atoms with van der Waals surface area (Å²) in [6.07, 6.45) is 4.47. The third kappa shape index (κ3) is 4.05. The first-order valence-corrected chi connectivity index (χ1v) is 10.9. The number of rotatable bonds is 4. The normalized spacial score (nSPS) is 25.8. The molecule has 0 radical (unpaired) electrons. The summed E-state index contributed by atoms with van der Waals surface area (Å²) in [6.45, 7) is 5.79. The van der Waals surface area contributed by atoms with Crippen molar-refractivity contribution in [2.24, 2.45) is 16.3 Å². The highest BCUT2D eigenvalue weighted by Gasteiger charge is 2.48. The standard InChI is InChI=1S/C24H28N2O5/c1-14-20(23(28)31-15-8-4-5-9-15)21(16-10-6-7-11-18(16)26(29)30)22-17(25-14)12-24(2,3)13-19(22)27/h6-7,10-11,15,20-21H,4-5,8-9,12-13H2,1-3H3/t20?,21-/m1/s1. The molecule has 1 fully saturated rings. The first-order chi connectivity index (χ1) is 14.7. The second-order valence-corrected chi connectivity index (χ2v) is 9.67. The number of ether oxygens (including phenoxy) is 1. The van der Waals surface area contributed by atoms with E-state index in [9.17, 15) is 19.7 Å². The smallest absolute Gasteiger partial charge is 0.315 e. The third-order valence-corrected chi connectivity index (χ3v) is 6.61. The maximum absolute atomic E-state index is 13.3. The minimum atomic E-state index is -0.842. The van der Waals surface area contributed by atoms with Crippen LogP contribution in [0.25, 0.3) is 0 Å². The third-order valence-electron chi connectivity index (χ3n) is 6.61. The van der Waals surface area contributed by atoms with E-state index in [0.29, 0.717) is 35.4 Å². The maximum atomic E-state index is 13.3. The zero-order chi connectivity index (χ0) is 22.3. The van der Waals surface area contributed by atoms with Crippen LogP contribution in [0, 0.1) is 21.4 Å². The molecular weight excluding hydrogens is 396 g/mol. The van der Waals surface area contributed by atoms with Crippen LogP contribution in [-0.2, 0) is 14.3 Å². The predicted molar refractivity (Wildman–Crippen MR) is 116 cm³/mol. The molecule has 0 spiro atoms. The highest BCUT2D eigenvalue weighted by molar-refractivity contribution is 6.09. The molecule has 0 amide bonds. The number of Topliss-reactive ketones (excluding diaryl/α,β-unsaturated/α-hetero) is 1. The van der Waals surface area contributed by atoms with E-state index in [1.807, 2.05) is 13.8 Å². The van der Waals surface area contributed by atoms with Gasteiger partial charge >= 0.3 is 5.97 Å². The van der Waals surface area contributed by atoms with Crippen LogP contribution in [0.1, 0.15) is 70.8 Å². The molecule has 1 aliphatic heterocycles. The number of ketones is 1. The topological polar surface area (TPSA) is 98.9 Å². The van der Waals surface area contributed by atoms with Crippen molar-refractivity contribution in [3.63, 3.8) is 0 Å². The van der Waals surface area contributed by atoms with E-state index in [0.717, 1.165) is 25.7 Å². The molecule has 0 aromatic heterocycles. The molecule has 0 N–H and O–H groups in total. The lowest BCUT2D eigenvalue weighted by molar-refractivity contribution is -0.385. The van der Waals surface area contributed by atoms with E-state index in [1.54, 1.807) is 25.1 Å². The van der Waals surface area contributed by atoms with Gasteiger partial charge in [0, 0.05) is 41.0 Å². The van der Waals surface area contributed by atoms with Gasteiger partial charge < -0.3 is 4.74 Å². The summed E-state index contributed by atoms with van der Waals surface area (Å²) in [7, 11) is 0. The molecule has 7 nitrogen and oxygen atoms in total. The predicted octanol–water partition coefficient (Wildman–Crippen LogP) is 4.90. The van der Waals surface area contributed by atoms with Gasteiger partial charge in [-0.1, -0.05) is 32.0 Å². The molecule has 0 bridgehead atoms. The number of carbonyl (C=O) groups is 2. The van der Waals surface area contributed by atoms with Gasteiger partial charge in [-0.05, 0) is 44.4 Å². The molecule has 1 unspecified atom stereocenters. The van der Waals surface area contributed by atoms with Crippen LogP contribution in [0.3, 0.4) is 0 Å². The molecule has 2 atom stereocenters. The van der Waals surface area contributed by atoms with E-state index < -0.39 is 22.7 Å². The van der Waals surface area contributed by atoms with Crippen LogP contribution < -0.4 is 0 Å². The van der Waals surface area contributed by atoms with Gasteiger partial charge in [0.05, 0.1) is 4.92 Å². The Kier molecular flexibility index (Phi) is 5.54. The van der Waals surface area contributed by atoms with E-state index >= 15 is 0 Å². The first kappa shape index (κ1) is 21.4. The molecule has 0 saturated heterocycles. The van der Waals surface area contributed by atoms with Gasteiger partial charge in [-0.25, -0.2) is 0 Å². The van der Waals surface area contributed by atoms with Crippen LogP contribution in [-0.4, -0.2) is 28.5 Å². The lowest BCUT2D eigenvalue weighted by Crippen LogP contribution is -2.40. The zero-order valence-electron chi connectivity index (χ0n) is 18.2. The molecule has 7 heteroatoms. The number of hydrogen-bond donors (Lipinski definition) is 0. The molecule has 4 rings (SSSR count). The average Bonchev–Trinajstić information content (AvgIpc) is 3.18. The second kappa shape index (κ2) is 8.02. The quantitative estimate of drug-likeness (QED) is 0.389. The van der Waals surface area contributed by atoms with Gasteiger partial charge in [-0.15, -0.1) is 0 Å². The Morgan fingerprint density at radius 3 is 2.55 bits per heavy atom. The lowest BCUT2D eigenvalue weighted by Gasteiger charge is -2.39. The van der Waals surface area contributed by atoms with Crippen molar-refractivity contribution in [2.75, 3.05) is 0 Å². The number of nitrogens with zero attached hydrogens (tertiary/aromatic N) is 2. The van der Waals surface area contributed by atoms with Crippen LogP contribution >= 0.6 is 0 Å². The van der Waals surface area contributed by atoms with Crippen molar-refractivity contribution in [3.8, 4) is 0 Å². The fourth-order valence-corrected chi connectivity index (χ4v) is 5.25. The molecule has 1 aromatic rings. The number of para-hydroxylation sites is 1. The molecule has 164 valence electrons. The fraction of sp³-hybridized carbons (Fsp3) is 0.542. The monoisotopic (exact) mass is 424 g/mol. The van der Waals surface area contributed by atoms with Crippen molar-refractivity contribution in [3.05, 3.63) is 51.2 Å². The van der Waals surface area contributed by atoms with Gasteiger partial charge in [0.1, 0.15) is 12.0 Å². The van der Waals surface area contributed by atoms with E-state index in [1.165, 1.54) is 6.07 Å². The number of aliphatic imine (C=N–C) groups is 1. The number of hydrogen-bond acceptors (Lipinski definition) is 6. The number of nitro groups is 1. The summed E-state index contributed by atoms with van der Waals surface area (Å²) >= 11 is 0. The van der Waals surface area contributed by atoms with Crippen molar-refractivity contribution in [1.29, 1.82) is 0 Å². The Morgan fingerprint density at radius 1 is 1.19 bits per heavy atom. The minimum Gasteiger partial charge on any atom is -0.462 e. The number of esters is 1. The lowest BCUT2D eigenvalue weighted by atomic mass is 9.66. The fourth-order valence-electron chi connectivity index (χ4n) is 5.25. The summed E-state index contributed by atoms with van der Waals surface area (Å²) in [5.74, 6) is -2.14. The SMILES string of the molecule is CC1=NC2=C(C(=O)CC(C)(C)C2)[C@H](c2ccccc2[N+](=O)[O-])C1C(=O)OC1CCCC1. The van der Waals surface area contributed by atoms with Crippen molar-refractivity contribution in [2.45, 2.75) is 71.3 Å². The van der Waals surface area contributed by atoms with Crippen LogP contribution in [0.4, 0.5) is 5.69 Å². The Hall–Kier alpha value is -2.83. The van der Waals surface area contributed by atoms with Crippen molar-refractivity contribution in [1.82, 2.24) is 0 Å². The number of carbonyl (C=O) groups excluding carboxylic acids is 2. The molecule has 1 saturated carbocycles. The van der Waals surface area contributed by atoms with E-state index in [-0.39, 0.29) is 23.0 Å². The summed E-state index contributed by atoms with van der Waals surface area (Å²) < 4.78 is 5.81. The maximum Gasteiger partial charge on any atom is 0.315 e. The summed E-state index contributed by atoms with van der Waals surface area (Å²) in [4.78, 5) is 42.6. The number of benzene rings is 1. The van der Waals surface area contributed by atoms with Gasteiger partial charge in [0.15, 0.2) is 5.78 Å². The van der Waals surface area contributed by atoms with Gasteiger partial charge in [-0.3, -0.25) is 24.7 Å². The molecule has 31 heavy (non-hydrogen) atoms. The Morgan fingerprint density at radius 2 is 1.87 bits per heavy atom. The Balaban J connectivity index is 1.84. The Labute approximate surface area is 181 Å². The summed E-state index contributed by atoms with van der Waals surface area (Å²) in [5.41, 5.74) is 1.67. The van der Waals surface area contributed by atoms with E-state index in [2.05, 4.69) is 4.99 Å². The molecular formula is C24H28N2O5. The zero-order valence-corrected chi connectivity index (χ0v) is 18.2. The highest BCUT2D eigenvalue weighted by Crippen LogP contribution is 2.49. The number of allylic oxidation sites excluding steroid dienone is 2. The second-order valence-electron chi connectivity index (χ2n) is 9.67. The first-order valence-electron chi connectivity index (χ1n) is 10.9. The van der Waals surface area contributed by atoms with Crippen molar-refractivity contribution < 1.29 is 19.2 Å². The molecule has 1 aromatic carbocycles. The van der Waals surface area contributed by atoms with Gasteiger partial charge in [0.25, 0.3) is 5.69 Å². The highest BCUT2D eigenvalue weighted by atomic mass is 16.6. The van der Waals surface area contributed by atoms with Crippen LogP contribution in [0.5, 0.6) is 0 Å². The van der Waals surface area contributed by atoms with Crippen LogP contribution in [0.15, 0.2) is 40.5 Å². The van der Waals surface area contributed by atoms with E-state index in [4.69, 9.17) is 4.74 Å². The molecule has 2 aliphatic carbocycles. The molecule has 1 heterocycles. The average molecular weight is 424 g/mol. The van der Waals surface area contributed by atoms with Gasteiger partial charge in [-0.2, -0.15) is 0 Å². The largest absolute Gasteiger partial charge is 0.462 e. The van der Waals surface area contributed by atoms with Crippen LogP contribution in [0.2, 0.25) is 0 Å². The van der Waals surface area contributed by atoms with Gasteiger partial charge in [0.2, 0.25) is 0 Å². The summed E-state index contributed by atoms with van der Waals surface area (Å²) in [5, 5.41) is 11.8.